The maximum atomic E-state index is 14.2. The number of para-hydroxylation sites is 1. The van der Waals surface area contributed by atoms with Gasteiger partial charge in [0.25, 0.3) is 5.91 Å². The number of hydrogen-bond donors (Lipinski definition) is 1. The lowest BCUT2D eigenvalue weighted by Gasteiger charge is -2.16. The van der Waals surface area contributed by atoms with Crippen molar-refractivity contribution in [2.24, 2.45) is 0 Å². The Morgan fingerprint density at radius 1 is 0.944 bits per heavy atom. The van der Waals surface area contributed by atoms with E-state index in [1.54, 1.807) is 26.0 Å². The quantitative estimate of drug-likeness (QED) is 0.412. The van der Waals surface area contributed by atoms with E-state index in [0.29, 0.717) is 11.4 Å². The fraction of sp³-hybridized carbons (Fsp3) is 0.200. The molecule has 1 amide bonds. The molecule has 186 valence electrons. The molecule has 0 aliphatic heterocycles. The van der Waals surface area contributed by atoms with E-state index in [1.807, 2.05) is 0 Å². The van der Waals surface area contributed by atoms with Gasteiger partial charge in [-0.2, -0.15) is 23.4 Å². The van der Waals surface area contributed by atoms with Gasteiger partial charge in [-0.1, -0.05) is 18.2 Å². The summed E-state index contributed by atoms with van der Waals surface area (Å²) in [6.45, 7) is 4.46. The van der Waals surface area contributed by atoms with Gasteiger partial charge >= 0.3 is 6.18 Å². The highest BCUT2D eigenvalue weighted by Crippen LogP contribution is 2.33. The van der Waals surface area contributed by atoms with Crippen molar-refractivity contribution in [3.63, 3.8) is 0 Å². The molecule has 1 N–H and O–H groups in total. The fourth-order valence-corrected chi connectivity index (χ4v) is 3.84. The second-order valence-corrected chi connectivity index (χ2v) is 8.22. The van der Waals surface area contributed by atoms with E-state index in [2.05, 4.69) is 15.5 Å². The molecule has 0 atom stereocenters. The first-order chi connectivity index (χ1) is 17.0. The first kappa shape index (κ1) is 24.8. The highest BCUT2D eigenvalue weighted by molar-refractivity contribution is 5.92. The molecule has 2 heterocycles. The molecule has 2 aromatic heterocycles. The van der Waals surface area contributed by atoms with Gasteiger partial charge in [0.1, 0.15) is 11.5 Å². The van der Waals surface area contributed by atoms with Crippen LogP contribution in [0.3, 0.4) is 0 Å². The van der Waals surface area contributed by atoms with Crippen LogP contribution in [-0.4, -0.2) is 25.5 Å². The number of hydrogen-bond acceptors (Lipinski definition) is 4. The van der Waals surface area contributed by atoms with Crippen molar-refractivity contribution in [3.8, 4) is 11.4 Å². The number of amides is 1. The number of rotatable bonds is 5. The molecule has 0 radical (unpaired) electrons. The van der Waals surface area contributed by atoms with Gasteiger partial charge in [-0.15, -0.1) is 0 Å². The second kappa shape index (κ2) is 9.40. The van der Waals surface area contributed by atoms with Gasteiger partial charge in [0.05, 0.1) is 16.9 Å². The van der Waals surface area contributed by atoms with Crippen molar-refractivity contribution < 1.29 is 22.4 Å². The molecule has 0 aliphatic rings. The number of halogens is 4. The van der Waals surface area contributed by atoms with Crippen molar-refractivity contribution in [2.45, 2.75) is 33.5 Å². The zero-order valence-corrected chi connectivity index (χ0v) is 19.5. The Bertz CT molecular complexity index is 1520. The number of alkyl halides is 3. The first-order valence-corrected chi connectivity index (χ1v) is 10.8. The number of nitrogens with one attached hydrogen (secondary N) is 1. The van der Waals surface area contributed by atoms with E-state index in [-0.39, 0.29) is 22.6 Å². The third-order valence-electron chi connectivity index (χ3n) is 5.50. The van der Waals surface area contributed by atoms with E-state index in [9.17, 15) is 27.2 Å². The lowest BCUT2D eigenvalue weighted by Crippen LogP contribution is -2.32. The molecule has 0 saturated carbocycles. The fourth-order valence-electron chi connectivity index (χ4n) is 3.84. The van der Waals surface area contributed by atoms with Crippen LogP contribution in [0.5, 0.6) is 0 Å². The lowest BCUT2D eigenvalue weighted by atomic mass is 10.1. The molecule has 0 fully saturated rings. The van der Waals surface area contributed by atoms with Crippen LogP contribution in [0, 0.1) is 26.6 Å². The Balaban J connectivity index is 1.64. The normalized spacial score (nSPS) is 11.5. The highest BCUT2D eigenvalue weighted by atomic mass is 19.4. The summed E-state index contributed by atoms with van der Waals surface area (Å²) in [7, 11) is 0. The molecule has 4 aromatic rings. The molecule has 0 spiro atoms. The van der Waals surface area contributed by atoms with Crippen LogP contribution in [-0.2, 0) is 12.7 Å². The summed E-state index contributed by atoms with van der Waals surface area (Å²) in [5.74, 6) is -1.61. The van der Waals surface area contributed by atoms with Gasteiger partial charge in [-0.25, -0.2) is 13.8 Å². The van der Waals surface area contributed by atoms with Crippen LogP contribution in [0.25, 0.3) is 11.4 Å². The van der Waals surface area contributed by atoms with Gasteiger partial charge < -0.3 is 5.32 Å². The molecule has 4 rings (SSSR count). The van der Waals surface area contributed by atoms with Crippen LogP contribution in [0.4, 0.5) is 17.6 Å². The number of aromatic nitrogens is 4. The smallest absolute Gasteiger partial charge is 0.346 e. The van der Waals surface area contributed by atoms with E-state index in [1.165, 1.54) is 41.9 Å². The van der Waals surface area contributed by atoms with E-state index in [4.69, 9.17) is 0 Å². The summed E-state index contributed by atoms with van der Waals surface area (Å²) >= 11 is 0. The van der Waals surface area contributed by atoms with Crippen LogP contribution >= 0.6 is 0 Å². The molecular weight excluding hydrogens is 478 g/mol. The van der Waals surface area contributed by atoms with E-state index < -0.39 is 41.1 Å². The standard InChI is InChI=1S/C25H21F4N5O2/c1-14-10-15(2)33(31-14)18-9-8-17(19(12-18)25(27,28)29)13-30-24(36)23-22(35)11-16(3)34(32-23)21-7-5-4-6-20(21)26/h4-12H,13H2,1-3H3,(H,30,36). The Hall–Kier alpha value is -4.28. The minimum absolute atomic E-state index is 0.0168. The Morgan fingerprint density at radius 3 is 2.28 bits per heavy atom. The summed E-state index contributed by atoms with van der Waals surface area (Å²) in [6, 6.07) is 12.2. The molecule has 2 aromatic carbocycles. The summed E-state index contributed by atoms with van der Waals surface area (Å²) in [5.41, 5.74) is -0.636. The number of nitrogens with zero attached hydrogens (tertiary/aromatic N) is 4. The van der Waals surface area contributed by atoms with Crippen LogP contribution in [0.2, 0.25) is 0 Å². The van der Waals surface area contributed by atoms with E-state index in [0.717, 1.165) is 16.8 Å². The van der Waals surface area contributed by atoms with Crippen molar-refractivity contribution >= 4 is 5.91 Å². The minimum atomic E-state index is -4.70. The van der Waals surface area contributed by atoms with Crippen LogP contribution in [0.1, 0.15) is 38.7 Å². The number of aryl methyl sites for hydroxylation is 3. The SMILES string of the molecule is Cc1cc(C)n(-c2ccc(CNC(=O)c3nn(-c4ccccc4F)c(C)cc3=O)c(C(F)(F)F)c2)n1. The second-order valence-electron chi connectivity index (χ2n) is 8.22. The topological polar surface area (TPSA) is 81.8 Å². The van der Waals surface area contributed by atoms with Crippen molar-refractivity contribution in [1.29, 1.82) is 0 Å². The van der Waals surface area contributed by atoms with Crippen molar-refractivity contribution in [2.75, 3.05) is 0 Å². The average molecular weight is 499 g/mol. The minimum Gasteiger partial charge on any atom is -0.346 e. The van der Waals surface area contributed by atoms with Crippen LogP contribution in [0.15, 0.2) is 59.4 Å². The zero-order chi connectivity index (χ0) is 26.2. The summed E-state index contributed by atoms with van der Waals surface area (Å²) < 4.78 is 58.3. The third kappa shape index (κ3) is 4.90. The predicted octanol–water partition coefficient (Wildman–Crippen LogP) is 4.43. The molecule has 0 unspecified atom stereocenters. The summed E-state index contributed by atoms with van der Waals surface area (Å²) in [5, 5.41) is 10.5. The lowest BCUT2D eigenvalue weighted by molar-refractivity contribution is -0.138. The number of carbonyl (C=O) groups is 1. The predicted molar refractivity (Wildman–Crippen MR) is 124 cm³/mol. The maximum Gasteiger partial charge on any atom is 0.416 e. The molecule has 0 aliphatic carbocycles. The van der Waals surface area contributed by atoms with Crippen LogP contribution < -0.4 is 10.7 Å². The summed E-state index contributed by atoms with van der Waals surface area (Å²) in [6.07, 6.45) is -4.70. The van der Waals surface area contributed by atoms with E-state index >= 15 is 0 Å². The zero-order valence-electron chi connectivity index (χ0n) is 19.5. The molecule has 11 heteroatoms. The largest absolute Gasteiger partial charge is 0.416 e. The van der Waals surface area contributed by atoms with Gasteiger partial charge in [0.15, 0.2) is 5.69 Å². The Kier molecular flexibility index (Phi) is 6.49. The highest BCUT2D eigenvalue weighted by Gasteiger charge is 2.34. The monoisotopic (exact) mass is 499 g/mol. The first-order valence-electron chi connectivity index (χ1n) is 10.8. The molecule has 7 nitrogen and oxygen atoms in total. The van der Waals surface area contributed by atoms with Gasteiger partial charge in [0, 0.05) is 24.0 Å². The third-order valence-corrected chi connectivity index (χ3v) is 5.50. The Morgan fingerprint density at radius 2 is 1.64 bits per heavy atom. The molecule has 36 heavy (non-hydrogen) atoms. The van der Waals surface area contributed by atoms with Gasteiger partial charge in [-0.3, -0.25) is 9.59 Å². The number of benzene rings is 2. The van der Waals surface area contributed by atoms with Gasteiger partial charge in [0.2, 0.25) is 5.43 Å². The van der Waals surface area contributed by atoms with Gasteiger partial charge in [-0.05, 0) is 56.7 Å². The average Bonchev–Trinajstić information content (AvgIpc) is 3.15. The Labute approximate surface area is 203 Å². The summed E-state index contributed by atoms with van der Waals surface area (Å²) in [4.78, 5) is 25.1. The molecule has 0 saturated heterocycles. The van der Waals surface area contributed by atoms with Crippen molar-refractivity contribution in [3.05, 3.63) is 105 Å². The maximum absolute atomic E-state index is 14.2. The molecule has 0 bridgehead atoms. The van der Waals surface area contributed by atoms with Crippen molar-refractivity contribution in [1.82, 2.24) is 24.9 Å². The number of carbonyl (C=O) groups excluding carboxylic acids is 1. The molecular formula is C25H21F4N5O2.